The van der Waals surface area contributed by atoms with Crippen molar-refractivity contribution in [3.05, 3.63) is 6.42 Å². The van der Waals surface area contributed by atoms with Crippen molar-refractivity contribution in [3.8, 4) is 0 Å². The number of fused-ring (bicyclic) bond motifs is 1. The first-order chi connectivity index (χ1) is 11.9. The van der Waals surface area contributed by atoms with Crippen molar-refractivity contribution in [2.24, 2.45) is 11.7 Å². The molecule has 137 valence electrons. The van der Waals surface area contributed by atoms with Gasteiger partial charge in [0.25, 0.3) is 0 Å². The molecule has 8 heteroatoms. The molecule has 3 unspecified atom stereocenters. The molecule has 8 nitrogen and oxygen atoms in total. The Balaban J connectivity index is 1.63. The number of ketones is 1. The number of likely N-dealkylation sites (tertiary alicyclic amines) is 3. The van der Waals surface area contributed by atoms with Crippen LogP contribution in [0.2, 0.25) is 0 Å². The van der Waals surface area contributed by atoms with Crippen molar-refractivity contribution in [2.45, 2.75) is 44.7 Å². The number of carbonyl (C=O) groups excluding carboxylic acids is 4. The van der Waals surface area contributed by atoms with Crippen LogP contribution in [-0.2, 0) is 14.4 Å². The average Bonchev–Trinajstić information content (AvgIpc) is 3.29. The largest absolute Gasteiger partial charge is 0.369 e. The summed E-state index contributed by atoms with van der Waals surface area (Å²) in [6.45, 7) is 3.66. The number of nitrogens with two attached hydrogens (primary N) is 1. The van der Waals surface area contributed by atoms with Gasteiger partial charge in [-0.05, 0) is 25.7 Å². The molecule has 0 bridgehead atoms. The Morgan fingerprint density at radius 1 is 1.20 bits per heavy atom. The lowest BCUT2D eigenvalue weighted by Gasteiger charge is -2.28. The van der Waals surface area contributed by atoms with E-state index in [0.29, 0.717) is 13.0 Å². The standard InChI is InChI=1S/C17H25N4O4/c1-11(16(18)24)4-5-14(23)20-9-6-12-15(20)13(22)10-21(12)17(25)19-7-2-3-8-19/h5,11-12,15H,2-4,6-10H2,1H3,(H2,18,24). The molecule has 3 atom stereocenters. The zero-order valence-electron chi connectivity index (χ0n) is 14.5. The maximum Gasteiger partial charge on any atom is 0.320 e. The zero-order valence-corrected chi connectivity index (χ0v) is 14.5. The van der Waals surface area contributed by atoms with Gasteiger partial charge in [0.2, 0.25) is 11.8 Å². The van der Waals surface area contributed by atoms with Crippen LogP contribution in [0.5, 0.6) is 0 Å². The highest BCUT2D eigenvalue weighted by molar-refractivity contribution is 5.98. The summed E-state index contributed by atoms with van der Waals surface area (Å²) in [5.41, 5.74) is 5.21. The third-order valence-corrected chi connectivity index (χ3v) is 5.46. The first kappa shape index (κ1) is 17.7. The molecule has 0 aliphatic carbocycles. The number of primary amides is 1. The SMILES string of the molecule is CC(C[CH]C(=O)N1CCC2C1C(=O)CN2C(=O)N1CCCC1)C(N)=O. The van der Waals surface area contributed by atoms with Gasteiger partial charge in [-0.1, -0.05) is 6.92 Å². The van der Waals surface area contributed by atoms with Crippen LogP contribution in [0.15, 0.2) is 0 Å². The summed E-state index contributed by atoms with van der Waals surface area (Å²) < 4.78 is 0. The third-order valence-electron chi connectivity index (χ3n) is 5.46. The van der Waals surface area contributed by atoms with E-state index in [4.69, 9.17) is 5.73 Å². The quantitative estimate of drug-likeness (QED) is 0.757. The second-order valence-corrected chi connectivity index (χ2v) is 7.15. The first-order valence-corrected chi connectivity index (χ1v) is 8.91. The Kier molecular flexibility index (Phi) is 4.96. The van der Waals surface area contributed by atoms with Gasteiger partial charge in [-0.15, -0.1) is 0 Å². The molecule has 2 N–H and O–H groups in total. The third kappa shape index (κ3) is 3.34. The fourth-order valence-corrected chi connectivity index (χ4v) is 3.93. The fraction of sp³-hybridized carbons (Fsp3) is 0.706. The Morgan fingerprint density at radius 2 is 1.88 bits per heavy atom. The van der Waals surface area contributed by atoms with E-state index < -0.39 is 17.9 Å². The van der Waals surface area contributed by atoms with Crippen LogP contribution in [0.1, 0.15) is 32.6 Å². The second kappa shape index (κ2) is 7.01. The molecule has 3 rings (SSSR count). The Morgan fingerprint density at radius 3 is 2.52 bits per heavy atom. The van der Waals surface area contributed by atoms with E-state index in [1.54, 1.807) is 16.7 Å². The molecular formula is C17H25N4O4. The van der Waals surface area contributed by atoms with Crippen LogP contribution in [0.25, 0.3) is 0 Å². The number of nitrogens with zero attached hydrogens (tertiary/aromatic N) is 3. The van der Waals surface area contributed by atoms with E-state index in [0.717, 1.165) is 25.9 Å². The van der Waals surface area contributed by atoms with Crippen LogP contribution in [0.4, 0.5) is 4.79 Å². The topological polar surface area (TPSA) is 104 Å². The minimum absolute atomic E-state index is 0.0755. The van der Waals surface area contributed by atoms with Crippen molar-refractivity contribution in [3.63, 3.8) is 0 Å². The second-order valence-electron chi connectivity index (χ2n) is 7.15. The first-order valence-electron chi connectivity index (χ1n) is 8.91. The van der Waals surface area contributed by atoms with Crippen molar-refractivity contribution >= 4 is 23.6 Å². The normalized spacial score (nSPS) is 26.9. The summed E-state index contributed by atoms with van der Waals surface area (Å²) in [4.78, 5) is 53.6. The van der Waals surface area contributed by atoms with Crippen molar-refractivity contribution in [1.82, 2.24) is 14.7 Å². The van der Waals surface area contributed by atoms with Crippen LogP contribution in [-0.4, -0.2) is 76.6 Å². The maximum absolute atomic E-state index is 12.6. The number of carbonyl (C=O) groups is 4. The van der Waals surface area contributed by atoms with E-state index in [1.165, 1.54) is 11.3 Å². The van der Waals surface area contributed by atoms with Crippen molar-refractivity contribution < 1.29 is 19.2 Å². The number of rotatable bonds is 4. The van der Waals surface area contributed by atoms with Crippen molar-refractivity contribution in [1.29, 1.82) is 0 Å². The smallest absolute Gasteiger partial charge is 0.320 e. The lowest BCUT2D eigenvalue weighted by molar-refractivity contribution is -0.133. The molecule has 25 heavy (non-hydrogen) atoms. The van der Waals surface area contributed by atoms with Gasteiger partial charge in [-0.25, -0.2) is 4.79 Å². The highest BCUT2D eigenvalue weighted by atomic mass is 16.2. The molecule has 3 saturated heterocycles. The Bertz CT molecular complexity index is 587. The molecule has 0 spiro atoms. The average molecular weight is 349 g/mol. The summed E-state index contributed by atoms with van der Waals surface area (Å²) in [6.07, 6.45) is 4.29. The minimum atomic E-state index is -0.556. The van der Waals surface area contributed by atoms with Crippen molar-refractivity contribution in [2.75, 3.05) is 26.2 Å². The molecular weight excluding hydrogens is 324 g/mol. The van der Waals surface area contributed by atoms with E-state index in [9.17, 15) is 19.2 Å². The zero-order chi connectivity index (χ0) is 18.1. The molecule has 0 aromatic carbocycles. The van der Waals surface area contributed by atoms with E-state index in [2.05, 4.69) is 0 Å². The predicted molar refractivity (Wildman–Crippen MR) is 89.1 cm³/mol. The predicted octanol–water partition coefficient (Wildman–Crippen LogP) is -0.228. The Labute approximate surface area is 147 Å². The molecule has 1 radical (unpaired) electrons. The van der Waals surface area contributed by atoms with E-state index >= 15 is 0 Å². The molecule has 4 amide bonds. The van der Waals surface area contributed by atoms with Crippen LogP contribution < -0.4 is 5.73 Å². The molecule has 3 aliphatic rings. The molecule has 0 aromatic rings. The maximum atomic E-state index is 12.6. The lowest BCUT2D eigenvalue weighted by atomic mass is 10.0. The van der Waals surface area contributed by atoms with Gasteiger partial charge < -0.3 is 20.4 Å². The fourth-order valence-electron chi connectivity index (χ4n) is 3.93. The summed E-state index contributed by atoms with van der Waals surface area (Å²) in [5.74, 6) is -1.22. The molecule has 0 aromatic heterocycles. The van der Waals surface area contributed by atoms with Gasteiger partial charge in [0.05, 0.1) is 19.0 Å². The van der Waals surface area contributed by atoms with Crippen LogP contribution in [0.3, 0.4) is 0 Å². The molecule has 3 fully saturated rings. The van der Waals surface area contributed by atoms with Gasteiger partial charge in [-0.2, -0.15) is 0 Å². The monoisotopic (exact) mass is 349 g/mol. The minimum Gasteiger partial charge on any atom is -0.369 e. The number of hydrogen-bond donors (Lipinski definition) is 1. The van der Waals surface area contributed by atoms with Gasteiger partial charge >= 0.3 is 6.03 Å². The highest BCUT2D eigenvalue weighted by Gasteiger charge is 2.52. The summed E-state index contributed by atoms with van der Waals surface area (Å²) in [6, 6.07) is -0.871. The van der Waals surface area contributed by atoms with Gasteiger partial charge in [0.1, 0.15) is 6.04 Å². The van der Waals surface area contributed by atoms with E-state index in [1.807, 2.05) is 0 Å². The van der Waals surface area contributed by atoms with Gasteiger partial charge in [-0.3, -0.25) is 14.4 Å². The number of hydrogen-bond acceptors (Lipinski definition) is 4. The summed E-state index contributed by atoms with van der Waals surface area (Å²) in [5, 5.41) is 0. The summed E-state index contributed by atoms with van der Waals surface area (Å²) >= 11 is 0. The van der Waals surface area contributed by atoms with E-state index in [-0.39, 0.29) is 36.7 Å². The van der Waals surface area contributed by atoms with Crippen LogP contribution in [0, 0.1) is 12.3 Å². The molecule has 3 aliphatic heterocycles. The lowest BCUT2D eigenvalue weighted by Crippen LogP contribution is -2.46. The number of amides is 4. The van der Waals surface area contributed by atoms with Crippen LogP contribution >= 0.6 is 0 Å². The number of urea groups is 1. The Hall–Kier alpha value is -2.12. The highest BCUT2D eigenvalue weighted by Crippen LogP contribution is 2.31. The summed E-state index contributed by atoms with van der Waals surface area (Å²) in [7, 11) is 0. The van der Waals surface area contributed by atoms with Gasteiger partial charge in [0, 0.05) is 25.6 Å². The molecule has 3 heterocycles. The number of Topliss-reactive ketones (excluding diaryl/α,β-unsaturated/α-hetero) is 1. The molecule has 0 saturated carbocycles. The van der Waals surface area contributed by atoms with Gasteiger partial charge in [0.15, 0.2) is 5.78 Å².